The number of ether oxygens (including phenoxy) is 1. The number of nitrogens with one attached hydrogen (secondary N) is 2. The van der Waals surface area contributed by atoms with Gasteiger partial charge in [0.15, 0.2) is 16.4 Å². The second kappa shape index (κ2) is 7.87. The van der Waals surface area contributed by atoms with Crippen molar-refractivity contribution in [3.63, 3.8) is 0 Å². The van der Waals surface area contributed by atoms with E-state index in [0.29, 0.717) is 22.7 Å². The van der Waals surface area contributed by atoms with E-state index in [1.54, 1.807) is 19.1 Å². The van der Waals surface area contributed by atoms with Crippen molar-refractivity contribution >= 4 is 33.0 Å². The van der Waals surface area contributed by atoms with Crippen LogP contribution >= 0.6 is 0 Å². The van der Waals surface area contributed by atoms with Crippen LogP contribution in [0.5, 0.6) is 5.75 Å². The van der Waals surface area contributed by atoms with E-state index >= 15 is 0 Å². The number of carbonyl (C=O) groups excluding carboxylic acids is 2. The minimum atomic E-state index is -3.78. The zero-order valence-electron chi connectivity index (χ0n) is 16.8. The highest BCUT2D eigenvalue weighted by molar-refractivity contribution is 7.92. The first-order valence-electron chi connectivity index (χ1n) is 9.27. The molecular formula is C21H24N2O5S. The van der Waals surface area contributed by atoms with E-state index in [-0.39, 0.29) is 29.7 Å². The summed E-state index contributed by atoms with van der Waals surface area (Å²) in [6.45, 7) is 6.85. The van der Waals surface area contributed by atoms with Crippen LogP contribution in [0.3, 0.4) is 0 Å². The van der Waals surface area contributed by atoms with Crippen LogP contribution in [-0.2, 0) is 19.4 Å². The first-order valence-corrected chi connectivity index (χ1v) is 10.8. The number of rotatable bonds is 5. The molecule has 8 heteroatoms. The lowest BCUT2D eigenvalue weighted by Gasteiger charge is -2.21. The fraction of sp³-hybridized carbons (Fsp3) is 0.333. The summed E-state index contributed by atoms with van der Waals surface area (Å²) in [6, 6.07) is 8.56. The third kappa shape index (κ3) is 4.27. The molecule has 1 aliphatic heterocycles. The number of sulfone groups is 1. The Kier molecular flexibility index (Phi) is 5.66. The molecule has 154 valence electrons. The largest absolute Gasteiger partial charge is 0.482 e. The van der Waals surface area contributed by atoms with Crippen LogP contribution in [0.4, 0.5) is 11.4 Å². The molecule has 0 saturated heterocycles. The SMILES string of the molecule is Cc1cc2c(cc1S(=O)(=O)[C@@H](C)CC(=O)Nc1cccc(C)c1C)OCC(=O)N2. The van der Waals surface area contributed by atoms with Gasteiger partial charge in [-0.15, -0.1) is 0 Å². The molecule has 7 nitrogen and oxygen atoms in total. The fourth-order valence-electron chi connectivity index (χ4n) is 3.20. The minimum absolute atomic E-state index is 0.0967. The van der Waals surface area contributed by atoms with Gasteiger partial charge in [0.25, 0.3) is 5.91 Å². The van der Waals surface area contributed by atoms with Gasteiger partial charge in [-0.3, -0.25) is 9.59 Å². The highest BCUT2D eigenvalue weighted by atomic mass is 32.2. The Morgan fingerprint density at radius 1 is 1.21 bits per heavy atom. The number of amides is 2. The average molecular weight is 416 g/mol. The number of anilines is 2. The Bertz CT molecular complexity index is 1090. The highest BCUT2D eigenvalue weighted by Crippen LogP contribution is 2.34. The van der Waals surface area contributed by atoms with Crippen LogP contribution in [0.25, 0.3) is 0 Å². The molecule has 2 aromatic rings. The second-order valence-electron chi connectivity index (χ2n) is 7.31. The van der Waals surface area contributed by atoms with Gasteiger partial charge in [-0.25, -0.2) is 8.42 Å². The van der Waals surface area contributed by atoms with Crippen LogP contribution in [-0.4, -0.2) is 32.1 Å². The zero-order valence-corrected chi connectivity index (χ0v) is 17.6. The van der Waals surface area contributed by atoms with Gasteiger partial charge in [0, 0.05) is 18.2 Å². The van der Waals surface area contributed by atoms with Crippen LogP contribution in [0.2, 0.25) is 0 Å². The van der Waals surface area contributed by atoms with Crippen molar-refractivity contribution in [1.82, 2.24) is 0 Å². The number of hydrogen-bond donors (Lipinski definition) is 2. The van der Waals surface area contributed by atoms with Gasteiger partial charge in [0.1, 0.15) is 5.75 Å². The number of benzene rings is 2. The summed E-state index contributed by atoms with van der Waals surface area (Å²) in [5, 5.41) is 4.53. The van der Waals surface area contributed by atoms with Crippen molar-refractivity contribution in [2.75, 3.05) is 17.2 Å². The van der Waals surface area contributed by atoms with E-state index in [1.165, 1.54) is 13.0 Å². The van der Waals surface area contributed by atoms with Gasteiger partial charge in [0.05, 0.1) is 15.8 Å². The molecule has 0 bridgehead atoms. The van der Waals surface area contributed by atoms with Crippen molar-refractivity contribution < 1.29 is 22.7 Å². The molecule has 1 aliphatic rings. The highest BCUT2D eigenvalue weighted by Gasteiger charge is 2.29. The molecule has 0 spiro atoms. The molecular weight excluding hydrogens is 392 g/mol. The lowest BCUT2D eigenvalue weighted by molar-refractivity contribution is -0.118. The molecule has 29 heavy (non-hydrogen) atoms. The maximum Gasteiger partial charge on any atom is 0.262 e. The summed E-state index contributed by atoms with van der Waals surface area (Å²) in [7, 11) is -3.78. The number of fused-ring (bicyclic) bond motifs is 1. The topological polar surface area (TPSA) is 102 Å². The lowest BCUT2D eigenvalue weighted by Crippen LogP contribution is -2.27. The molecule has 0 aromatic heterocycles. The van der Waals surface area contributed by atoms with E-state index in [9.17, 15) is 18.0 Å². The molecule has 1 atom stereocenters. The van der Waals surface area contributed by atoms with Crippen LogP contribution in [0.15, 0.2) is 35.2 Å². The van der Waals surface area contributed by atoms with Gasteiger partial charge in [-0.05, 0) is 56.5 Å². The van der Waals surface area contributed by atoms with Gasteiger partial charge >= 0.3 is 0 Å². The Labute approximate surface area is 170 Å². The van der Waals surface area contributed by atoms with Crippen molar-refractivity contribution in [3.8, 4) is 5.75 Å². The molecule has 0 radical (unpaired) electrons. The maximum atomic E-state index is 13.1. The van der Waals surface area contributed by atoms with Gasteiger partial charge < -0.3 is 15.4 Å². The predicted octanol–water partition coefficient (Wildman–Crippen LogP) is 3.13. The van der Waals surface area contributed by atoms with E-state index in [2.05, 4.69) is 10.6 Å². The van der Waals surface area contributed by atoms with E-state index in [1.807, 2.05) is 26.0 Å². The standard InChI is InChI=1S/C21H24N2O5S/c1-12-6-5-7-16(15(12)4)22-20(24)9-14(3)29(26,27)19-10-18-17(8-13(19)2)23-21(25)11-28-18/h5-8,10,14H,9,11H2,1-4H3,(H,22,24)(H,23,25)/t14-/m0/s1. The van der Waals surface area contributed by atoms with E-state index in [0.717, 1.165) is 11.1 Å². The minimum Gasteiger partial charge on any atom is -0.482 e. The third-order valence-corrected chi connectivity index (χ3v) is 7.38. The quantitative estimate of drug-likeness (QED) is 0.780. The monoisotopic (exact) mass is 416 g/mol. The molecule has 1 heterocycles. The summed E-state index contributed by atoms with van der Waals surface area (Å²) >= 11 is 0. The molecule has 0 unspecified atom stereocenters. The van der Waals surface area contributed by atoms with Gasteiger partial charge in [-0.1, -0.05) is 12.1 Å². The molecule has 2 amide bonds. The molecule has 2 aromatic carbocycles. The number of carbonyl (C=O) groups is 2. The van der Waals surface area contributed by atoms with Gasteiger partial charge in [-0.2, -0.15) is 0 Å². The van der Waals surface area contributed by atoms with Crippen molar-refractivity contribution in [2.24, 2.45) is 0 Å². The Balaban J connectivity index is 1.79. The Morgan fingerprint density at radius 3 is 2.66 bits per heavy atom. The number of hydrogen-bond acceptors (Lipinski definition) is 5. The smallest absolute Gasteiger partial charge is 0.262 e. The average Bonchev–Trinajstić information content (AvgIpc) is 2.64. The Hall–Kier alpha value is -2.87. The normalized spacial score (nSPS) is 14.4. The van der Waals surface area contributed by atoms with Crippen molar-refractivity contribution in [3.05, 3.63) is 47.0 Å². The van der Waals surface area contributed by atoms with Crippen LogP contribution < -0.4 is 15.4 Å². The molecule has 0 aliphatic carbocycles. The predicted molar refractivity (Wildman–Crippen MR) is 111 cm³/mol. The Morgan fingerprint density at radius 2 is 1.93 bits per heavy atom. The van der Waals surface area contributed by atoms with E-state index < -0.39 is 15.1 Å². The summed E-state index contributed by atoms with van der Waals surface area (Å²) in [6.07, 6.45) is -0.177. The maximum absolute atomic E-state index is 13.1. The molecule has 0 saturated carbocycles. The summed E-state index contributed by atoms with van der Waals surface area (Å²) < 4.78 is 31.5. The number of aryl methyl sites for hydroxylation is 2. The first kappa shape index (κ1) is 20.9. The van der Waals surface area contributed by atoms with Gasteiger partial charge in [0.2, 0.25) is 5.91 Å². The summed E-state index contributed by atoms with van der Waals surface area (Å²) in [5.41, 5.74) is 3.59. The second-order valence-corrected chi connectivity index (χ2v) is 9.64. The van der Waals surface area contributed by atoms with Crippen LogP contribution in [0, 0.1) is 20.8 Å². The molecule has 3 rings (SSSR count). The van der Waals surface area contributed by atoms with E-state index in [4.69, 9.17) is 4.74 Å². The van der Waals surface area contributed by atoms with Crippen molar-refractivity contribution in [1.29, 1.82) is 0 Å². The third-order valence-electron chi connectivity index (χ3n) is 5.10. The summed E-state index contributed by atoms with van der Waals surface area (Å²) in [4.78, 5) is 24.0. The lowest BCUT2D eigenvalue weighted by atomic mass is 10.1. The van der Waals surface area contributed by atoms with Crippen LogP contribution in [0.1, 0.15) is 30.0 Å². The molecule has 2 N–H and O–H groups in total. The zero-order chi connectivity index (χ0) is 21.3. The van der Waals surface area contributed by atoms with Crippen molar-refractivity contribution in [2.45, 2.75) is 44.3 Å². The molecule has 0 fully saturated rings. The summed E-state index contributed by atoms with van der Waals surface area (Å²) in [5.74, 6) is -0.348. The fourth-order valence-corrected chi connectivity index (χ4v) is 4.78. The first-order chi connectivity index (χ1) is 13.6.